The monoisotopic (exact) mass is 302 g/mol. The van der Waals surface area contributed by atoms with Crippen LogP contribution in [0, 0.1) is 10.1 Å². The minimum Gasteiger partial charge on any atom is -0.467 e. The van der Waals surface area contributed by atoms with E-state index in [2.05, 4.69) is 10.1 Å². The minimum atomic E-state index is -1.52. The summed E-state index contributed by atoms with van der Waals surface area (Å²) in [6, 6.07) is 3.36. The Labute approximate surface area is 118 Å². The number of nitro benzene ring substituents is 1. The summed E-state index contributed by atoms with van der Waals surface area (Å²) in [6.07, 6.45) is -1.52. The SMILES string of the molecule is COC(=O)C(O)CNC(=O)c1cc(Cl)cc([N+](=O)[O-])c1. The van der Waals surface area contributed by atoms with Gasteiger partial charge in [-0.1, -0.05) is 11.6 Å². The van der Waals surface area contributed by atoms with E-state index >= 15 is 0 Å². The minimum absolute atomic E-state index is 0.0258. The van der Waals surface area contributed by atoms with Gasteiger partial charge in [0, 0.05) is 22.7 Å². The van der Waals surface area contributed by atoms with E-state index < -0.39 is 22.9 Å². The molecule has 9 heteroatoms. The highest BCUT2D eigenvalue weighted by Gasteiger charge is 2.18. The summed E-state index contributed by atoms with van der Waals surface area (Å²) in [7, 11) is 1.09. The van der Waals surface area contributed by atoms with E-state index in [4.69, 9.17) is 11.6 Å². The number of aliphatic hydroxyl groups excluding tert-OH is 1. The zero-order valence-corrected chi connectivity index (χ0v) is 11.1. The fourth-order valence-electron chi connectivity index (χ4n) is 1.32. The summed E-state index contributed by atoms with van der Waals surface area (Å²) < 4.78 is 4.27. The van der Waals surface area contributed by atoms with Crippen LogP contribution in [0.1, 0.15) is 10.4 Å². The third kappa shape index (κ3) is 4.18. The molecule has 0 aliphatic heterocycles. The smallest absolute Gasteiger partial charge is 0.336 e. The second kappa shape index (κ2) is 6.83. The lowest BCUT2D eigenvalue weighted by atomic mass is 10.2. The van der Waals surface area contributed by atoms with Crippen molar-refractivity contribution in [2.45, 2.75) is 6.10 Å². The van der Waals surface area contributed by atoms with Crippen LogP contribution in [0.2, 0.25) is 5.02 Å². The Hall–Kier alpha value is -2.19. The fraction of sp³-hybridized carbons (Fsp3) is 0.273. The number of esters is 1. The Balaban J connectivity index is 2.78. The van der Waals surface area contributed by atoms with Gasteiger partial charge in [0.15, 0.2) is 6.10 Å². The molecule has 2 N–H and O–H groups in total. The van der Waals surface area contributed by atoms with Gasteiger partial charge in [-0.05, 0) is 6.07 Å². The quantitative estimate of drug-likeness (QED) is 0.465. The molecule has 1 amide bonds. The van der Waals surface area contributed by atoms with Gasteiger partial charge in [0.05, 0.1) is 18.6 Å². The van der Waals surface area contributed by atoms with Crippen molar-refractivity contribution in [1.82, 2.24) is 5.32 Å². The molecule has 0 bridgehead atoms. The summed E-state index contributed by atoms with van der Waals surface area (Å²) >= 11 is 5.67. The highest BCUT2D eigenvalue weighted by atomic mass is 35.5. The van der Waals surface area contributed by atoms with Crippen molar-refractivity contribution in [3.8, 4) is 0 Å². The van der Waals surface area contributed by atoms with Crippen molar-refractivity contribution >= 4 is 29.2 Å². The average molecular weight is 303 g/mol. The number of hydrogen-bond acceptors (Lipinski definition) is 6. The first-order valence-electron chi connectivity index (χ1n) is 5.34. The molecule has 0 aliphatic carbocycles. The molecule has 0 aromatic heterocycles. The highest BCUT2D eigenvalue weighted by Crippen LogP contribution is 2.20. The third-order valence-electron chi connectivity index (χ3n) is 2.28. The van der Waals surface area contributed by atoms with E-state index in [1.165, 1.54) is 6.07 Å². The lowest BCUT2D eigenvalue weighted by Gasteiger charge is -2.09. The molecule has 1 unspecified atom stereocenters. The number of benzene rings is 1. The Kier molecular flexibility index (Phi) is 5.42. The number of halogens is 1. The molecular weight excluding hydrogens is 292 g/mol. The number of aliphatic hydroxyl groups is 1. The van der Waals surface area contributed by atoms with Gasteiger partial charge in [-0.2, -0.15) is 0 Å². The van der Waals surface area contributed by atoms with E-state index in [0.717, 1.165) is 19.2 Å². The summed E-state index contributed by atoms with van der Waals surface area (Å²) in [5, 5.41) is 22.2. The summed E-state index contributed by atoms with van der Waals surface area (Å²) in [4.78, 5) is 32.6. The van der Waals surface area contributed by atoms with E-state index in [0.29, 0.717) is 0 Å². The van der Waals surface area contributed by atoms with Crippen LogP contribution >= 0.6 is 11.6 Å². The number of nitrogens with one attached hydrogen (secondary N) is 1. The molecule has 1 atom stereocenters. The number of methoxy groups -OCH3 is 1. The van der Waals surface area contributed by atoms with E-state index in [9.17, 15) is 24.8 Å². The van der Waals surface area contributed by atoms with Crippen molar-refractivity contribution in [1.29, 1.82) is 0 Å². The van der Waals surface area contributed by atoms with Crippen LogP contribution in [0.5, 0.6) is 0 Å². The normalized spacial score (nSPS) is 11.6. The number of rotatable bonds is 5. The predicted molar refractivity (Wildman–Crippen MR) is 68.5 cm³/mol. The number of nitrogens with zero attached hydrogens (tertiary/aromatic N) is 1. The van der Waals surface area contributed by atoms with Gasteiger partial charge in [0.2, 0.25) is 0 Å². The van der Waals surface area contributed by atoms with Gasteiger partial charge in [0.1, 0.15) is 0 Å². The summed E-state index contributed by atoms with van der Waals surface area (Å²) in [5.74, 6) is -1.61. The fourth-order valence-corrected chi connectivity index (χ4v) is 1.55. The second-order valence-corrected chi connectivity index (χ2v) is 4.14. The van der Waals surface area contributed by atoms with Gasteiger partial charge in [-0.15, -0.1) is 0 Å². The van der Waals surface area contributed by atoms with Crippen molar-refractivity contribution in [3.63, 3.8) is 0 Å². The van der Waals surface area contributed by atoms with E-state index in [1.807, 2.05) is 0 Å². The first-order valence-corrected chi connectivity index (χ1v) is 5.72. The van der Waals surface area contributed by atoms with Crippen molar-refractivity contribution < 1.29 is 24.4 Å². The van der Waals surface area contributed by atoms with Gasteiger partial charge < -0.3 is 15.2 Å². The molecule has 0 aliphatic rings. The zero-order valence-electron chi connectivity index (χ0n) is 10.3. The molecule has 0 saturated carbocycles. The lowest BCUT2D eigenvalue weighted by Crippen LogP contribution is -2.37. The molecule has 0 saturated heterocycles. The molecule has 0 fully saturated rings. The molecule has 1 aromatic carbocycles. The first kappa shape index (κ1) is 15.9. The van der Waals surface area contributed by atoms with Gasteiger partial charge in [-0.3, -0.25) is 14.9 Å². The van der Waals surface area contributed by atoms with E-state index in [1.54, 1.807) is 0 Å². The van der Waals surface area contributed by atoms with Crippen molar-refractivity contribution in [2.75, 3.05) is 13.7 Å². The van der Waals surface area contributed by atoms with Crippen LogP contribution in [0.15, 0.2) is 18.2 Å². The number of carbonyl (C=O) groups is 2. The predicted octanol–water partition coefficient (Wildman–Crippen LogP) is 0.512. The number of hydrogen-bond donors (Lipinski definition) is 2. The van der Waals surface area contributed by atoms with Crippen LogP contribution < -0.4 is 5.32 Å². The van der Waals surface area contributed by atoms with Crippen LogP contribution in [0.4, 0.5) is 5.69 Å². The average Bonchev–Trinajstić information content (AvgIpc) is 2.42. The maximum atomic E-state index is 11.7. The topological polar surface area (TPSA) is 119 Å². The van der Waals surface area contributed by atoms with Crippen molar-refractivity contribution in [2.24, 2.45) is 0 Å². The number of nitro groups is 1. The van der Waals surface area contributed by atoms with Crippen LogP contribution in [-0.4, -0.2) is 41.7 Å². The molecule has 1 rings (SSSR count). The van der Waals surface area contributed by atoms with Gasteiger partial charge in [-0.25, -0.2) is 4.79 Å². The molecule has 0 heterocycles. The molecular formula is C11H11ClN2O6. The van der Waals surface area contributed by atoms with Crippen LogP contribution in [-0.2, 0) is 9.53 Å². The summed E-state index contributed by atoms with van der Waals surface area (Å²) in [5.41, 5.74) is -0.391. The Morgan fingerprint density at radius 3 is 2.70 bits per heavy atom. The number of ether oxygens (including phenoxy) is 1. The van der Waals surface area contributed by atoms with Crippen molar-refractivity contribution in [3.05, 3.63) is 38.9 Å². The Bertz CT molecular complexity index is 548. The molecule has 1 aromatic rings. The molecule has 0 spiro atoms. The standard InChI is InChI=1S/C11H11ClN2O6/c1-20-11(17)9(15)5-13-10(16)6-2-7(12)4-8(3-6)14(18)19/h2-4,9,15H,5H2,1H3,(H,13,16). The maximum absolute atomic E-state index is 11.7. The molecule has 8 nitrogen and oxygen atoms in total. The molecule has 20 heavy (non-hydrogen) atoms. The number of non-ortho nitro benzene ring substituents is 1. The molecule has 0 radical (unpaired) electrons. The van der Waals surface area contributed by atoms with Crippen LogP contribution in [0.25, 0.3) is 0 Å². The first-order chi connectivity index (χ1) is 9.35. The second-order valence-electron chi connectivity index (χ2n) is 3.70. The highest BCUT2D eigenvalue weighted by molar-refractivity contribution is 6.31. The Morgan fingerprint density at radius 1 is 1.50 bits per heavy atom. The maximum Gasteiger partial charge on any atom is 0.336 e. The number of amides is 1. The largest absolute Gasteiger partial charge is 0.467 e. The van der Waals surface area contributed by atoms with Gasteiger partial charge in [0.25, 0.3) is 11.6 Å². The van der Waals surface area contributed by atoms with Gasteiger partial charge >= 0.3 is 5.97 Å². The Morgan fingerprint density at radius 2 is 2.15 bits per heavy atom. The van der Waals surface area contributed by atoms with Crippen LogP contribution in [0.3, 0.4) is 0 Å². The zero-order chi connectivity index (χ0) is 15.3. The lowest BCUT2D eigenvalue weighted by molar-refractivity contribution is -0.384. The number of carbonyl (C=O) groups excluding carboxylic acids is 2. The van der Waals surface area contributed by atoms with E-state index in [-0.39, 0.29) is 22.8 Å². The summed E-state index contributed by atoms with van der Waals surface area (Å²) in [6.45, 7) is -0.383. The third-order valence-corrected chi connectivity index (χ3v) is 2.50. The molecule has 108 valence electrons.